The van der Waals surface area contributed by atoms with Crippen LogP contribution in [0.15, 0.2) is 71.4 Å². The van der Waals surface area contributed by atoms with Crippen LogP contribution in [0.25, 0.3) is 9.88 Å². The summed E-state index contributed by atoms with van der Waals surface area (Å²) < 4.78 is 27.7. The van der Waals surface area contributed by atoms with E-state index in [9.17, 15) is 9.00 Å². The molecular weight excluding hydrogens is 490 g/mol. The summed E-state index contributed by atoms with van der Waals surface area (Å²) in [4.78, 5) is 18.8. The van der Waals surface area contributed by atoms with Crippen molar-refractivity contribution in [1.29, 1.82) is 0 Å². The number of nitrogens with one attached hydrogen (secondary N) is 2. The van der Waals surface area contributed by atoms with E-state index in [1.54, 1.807) is 41.9 Å². The lowest BCUT2D eigenvalue weighted by atomic mass is 10.0. The number of thiophene rings is 1. The molecule has 2 heterocycles. The largest absolute Gasteiger partial charge is 0.497 e. The minimum atomic E-state index is -2.13. The molecule has 0 radical (unpaired) electrons. The Hall–Kier alpha value is -3.05. The Morgan fingerprint density at radius 1 is 1.12 bits per heavy atom. The fraction of sp³-hybridized carbons (Fsp3) is 0.167. The van der Waals surface area contributed by atoms with Crippen LogP contribution in [0.1, 0.15) is 22.9 Å². The second-order valence-electron chi connectivity index (χ2n) is 7.46. The number of carbonyl (C=O) groups excluding carboxylic acids is 1. The zero-order valence-electron chi connectivity index (χ0n) is 18.3. The van der Waals surface area contributed by atoms with E-state index in [1.807, 2.05) is 59.3 Å². The molecular formula is C24H23N3O4S3. The predicted molar refractivity (Wildman–Crippen MR) is 138 cm³/mol. The molecule has 4 rings (SSSR count). The van der Waals surface area contributed by atoms with Crippen LogP contribution in [0.2, 0.25) is 0 Å². The van der Waals surface area contributed by atoms with Crippen LogP contribution >= 0.6 is 22.7 Å². The van der Waals surface area contributed by atoms with Gasteiger partial charge in [0, 0.05) is 11.1 Å². The van der Waals surface area contributed by atoms with Crippen molar-refractivity contribution in [3.8, 4) is 15.6 Å². The van der Waals surface area contributed by atoms with E-state index in [0.717, 1.165) is 26.7 Å². The summed E-state index contributed by atoms with van der Waals surface area (Å²) in [5.74, 6) is 0.595. The van der Waals surface area contributed by atoms with Gasteiger partial charge in [-0.15, -0.1) is 22.7 Å². The molecule has 0 aliphatic heterocycles. The summed E-state index contributed by atoms with van der Waals surface area (Å²) in [6, 6.07) is 18.3. The van der Waals surface area contributed by atoms with Crippen LogP contribution < -0.4 is 14.8 Å². The van der Waals surface area contributed by atoms with Crippen LogP contribution in [-0.2, 0) is 28.9 Å². The lowest BCUT2D eigenvalue weighted by molar-refractivity contribution is -0.121. The molecule has 0 saturated carbocycles. The first-order valence-corrected chi connectivity index (χ1v) is 13.2. The second kappa shape index (κ2) is 11.4. The van der Waals surface area contributed by atoms with E-state index in [0.29, 0.717) is 17.9 Å². The number of rotatable bonds is 10. The molecule has 2 aromatic heterocycles. The van der Waals surface area contributed by atoms with E-state index in [2.05, 4.69) is 10.0 Å². The number of carbonyl (C=O) groups is 1. The Kier molecular flexibility index (Phi) is 8.07. The van der Waals surface area contributed by atoms with Gasteiger partial charge in [0.2, 0.25) is 5.91 Å². The van der Waals surface area contributed by atoms with E-state index < -0.39 is 11.3 Å². The molecule has 7 nitrogen and oxygen atoms in total. The summed E-state index contributed by atoms with van der Waals surface area (Å²) in [5.41, 5.74) is 3.16. The lowest BCUT2D eigenvalue weighted by Crippen LogP contribution is -2.31. The Bertz CT molecular complexity index is 1260. The predicted octanol–water partition coefficient (Wildman–Crippen LogP) is 5.07. The summed E-state index contributed by atoms with van der Waals surface area (Å²) in [5, 5.41) is 8.05. The summed E-state index contributed by atoms with van der Waals surface area (Å²) in [7, 11) is 1.60. The summed E-state index contributed by atoms with van der Waals surface area (Å²) in [6.07, 6.45) is 0.751. The highest BCUT2D eigenvalue weighted by molar-refractivity contribution is 7.80. The average molecular weight is 514 g/mol. The van der Waals surface area contributed by atoms with E-state index in [4.69, 9.17) is 14.3 Å². The molecule has 2 atom stereocenters. The average Bonchev–Trinajstić information content (AvgIpc) is 3.52. The highest BCUT2D eigenvalue weighted by Gasteiger charge is 2.20. The third-order valence-electron chi connectivity index (χ3n) is 5.04. The molecule has 0 aliphatic carbocycles. The molecule has 0 fully saturated rings. The quantitative estimate of drug-likeness (QED) is 0.257. The van der Waals surface area contributed by atoms with E-state index in [1.165, 1.54) is 0 Å². The van der Waals surface area contributed by atoms with Crippen molar-refractivity contribution in [3.63, 3.8) is 0 Å². The van der Waals surface area contributed by atoms with Gasteiger partial charge < -0.3 is 10.1 Å². The topological polar surface area (TPSA) is 101 Å². The molecule has 10 heteroatoms. The molecule has 4 aromatic rings. The molecule has 1 amide bonds. The smallest absolute Gasteiger partial charge is 0.259 e. The number of thiazole rings is 1. The molecule has 0 bridgehead atoms. The Balaban J connectivity index is 1.53. The molecule has 3 N–H and O–H groups in total. The van der Waals surface area contributed by atoms with Gasteiger partial charge in [0.25, 0.3) is 11.3 Å². The fourth-order valence-electron chi connectivity index (χ4n) is 3.45. The number of amides is 1. The third-order valence-corrected chi connectivity index (χ3v) is 7.35. The van der Waals surface area contributed by atoms with Gasteiger partial charge in [-0.25, -0.2) is 9.19 Å². The zero-order valence-corrected chi connectivity index (χ0v) is 20.7. The van der Waals surface area contributed by atoms with Crippen molar-refractivity contribution in [2.24, 2.45) is 0 Å². The first kappa shape index (κ1) is 24.1. The van der Waals surface area contributed by atoms with Gasteiger partial charge in [0.1, 0.15) is 10.8 Å². The Morgan fingerprint density at radius 2 is 1.94 bits per heavy atom. The van der Waals surface area contributed by atoms with Crippen molar-refractivity contribution >= 4 is 45.5 Å². The van der Waals surface area contributed by atoms with E-state index in [-0.39, 0.29) is 18.4 Å². The summed E-state index contributed by atoms with van der Waals surface area (Å²) in [6.45, 7) is 0. The number of anilines is 1. The van der Waals surface area contributed by atoms with Crippen molar-refractivity contribution in [2.75, 3.05) is 11.8 Å². The maximum Gasteiger partial charge on any atom is 0.259 e. The van der Waals surface area contributed by atoms with Crippen LogP contribution in [0.5, 0.6) is 5.75 Å². The molecule has 0 aliphatic rings. The number of ether oxygens (including phenoxy) is 1. The number of nitrogens with zero attached hydrogens (tertiary/aromatic N) is 1. The van der Waals surface area contributed by atoms with Crippen molar-refractivity contribution < 1.29 is 18.3 Å². The number of hydrogen-bond acceptors (Lipinski definition) is 6. The fourth-order valence-corrected chi connectivity index (χ4v) is 5.47. The summed E-state index contributed by atoms with van der Waals surface area (Å²) >= 11 is 1.05. The Morgan fingerprint density at radius 3 is 2.65 bits per heavy atom. The molecule has 2 aromatic carbocycles. The number of aromatic nitrogens is 1. The SMILES string of the molecule is COc1cccc(CC(=O)N[C@@H](Cc2ccc(NS(=O)O)cc2)c2csc(-c3cccs3)n2)c1. The van der Waals surface area contributed by atoms with Crippen LogP contribution in [0.3, 0.4) is 0 Å². The maximum absolute atomic E-state index is 13.0. The highest BCUT2D eigenvalue weighted by atomic mass is 32.2. The number of benzene rings is 2. The second-order valence-corrected chi connectivity index (χ2v) is 9.96. The molecule has 0 saturated heterocycles. The van der Waals surface area contributed by atoms with Gasteiger partial charge in [-0.2, -0.15) is 0 Å². The molecule has 176 valence electrons. The minimum absolute atomic E-state index is 0.113. The van der Waals surface area contributed by atoms with Gasteiger partial charge in [-0.1, -0.05) is 30.3 Å². The molecule has 1 unspecified atom stereocenters. The first-order chi connectivity index (χ1) is 16.5. The number of hydrogen-bond donors (Lipinski definition) is 3. The Labute approximate surface area is 208 Å². The van der Waals surface area contributed by atoms with Crippen molar-refractivity contribution in [2.45, 2.75) is 18.9 Å². The zero-order chi connectivity index (χ0) is 23.9. The number of methoxy groups -OCH3 is 1. The van der Waals surface area contributed by atoms with Gasteiger partial charge >= 0.3 is 0 Å². The van der Waals surface area contributed by atoms with Crippen molar-refractivity contribution in [3.05, 3.63) is 88.2 Å². The maximum atomic E-state index is 13.0. The lowest BCUT2D eigenvalue weighted by Gasteiger charge is -2.18. The minimum Gasteiger partial charge on any atom is -0.497 e. The van der Waals surface area contributed by atoms with Crippen LogP contribution in [-0.4, -0.2) is 26.8 Å². The first-order valence-electron chi connectivity index (χ1n) is 10.4. The monoisotopic (exact) mass is 513 g/mol. The molecule has 34 heavy (non-hydrogen) atoms. The van der Waals surface area contributed by atoms with Crippen LogP contribution in [0.4, 0.5) is 5.69 Å². The van der Waals surface area contributed by atoms with Crippen LogP contribution in [0, 0.1) is 0 Å². The van der Waals surface area contributed by atoms with Gasteiger partial charge in [0.05, 0.1) is 30.1 Å². The van der Waals surface area contributed by atoms with Gasteiger partial charge in [0.15, 0.2) is 0 Å². The van der Waals surface area contributed by atoms with E-state index >= 15 is 0 Å². The molecule has 0 spiro atoms. The standard InChI is InChI=1S/C24H23N3O4S3/c1-31-19-5-2-4-17(12-19)14-23(28)25-20(13-16-7-9-18(10-8-16)27-34(29)30)21-15-33-24(26-21)22-6-3-11-32-22/h2-12,15,20,27H,13-14H2,1H3,(H,25,28)(H,29,30)/t20-/m0/s1. The highest BCUT2D eigenvalue weighted by Crippen LogP contribution is 2.31. The van der Waals surface area contributed by atoms with Gasteiger partial charge in [-0.05, 0) is 53.3 Å². The third kappa shape index (κ3) is 6.51. The van der Waals surface area contributed by atoms with Gasteiger partial charge in [-0.3, -0.25) is 14.1 Å². The van der Waals surface area contributed by atoms with Crippen molar-refractivity contribution in [1.82, 2.24) is 10.3 Å². The normalized spacial score (nSPS) is 12.6.